The van der Waals surface area contributed by atoms with Crippen LogP contribution in [-0.4, -0.2) is 12.0 Å². The number of halogens is 1. The molecule has 1 aromatic carbocycles. The molecule has 1 atom stereocenters. The second kappa shape index (κ2) is 6.04. The van der Waals surface area contributed by atoms with Gasteiger partial charge in [0.1, 0.15) is 0 Å². The number of fused-ring (bicyclic) bond motifs is 1. The smallest absolute Gasteiger partial charge is 0.0702 e. The molecule has 2 nitrogen and oxygen atoms in total. The average molecular weight is 347 g/mol. The molecular formula is C16H15BrN2S. The molecule has 0 aliphatic rings. The molecule has 2 heterocycles. The van der Waals surface area contributed by atoms with Crippen molar-refractivity contribution in [3.63, 3.8) is 0 Å². The van der Waals surface area contributed by atoms with Crippen molar-refractivity contribution in [1.29, 1.82) is 0 Å². The first-order valence-electron chi connectivity index (χ1n) is 6.51. The molecule has 0 aliphatic heterocycles. The summed E-state index contributed by atoms with van der Waals surface area (Å²) in [4.78, 5) is 5.75. The van der Waals surface area contributed by atoms with Gasteiger partial charge in [-0.05, 0) is 52.8 Å². The number of benzene rings is 1. The quantitative estimate of drug-likeness (QED) is 0.748. The van der Waals surface area contributed by atoms with Crippen LogP contribution in [0.15, 0.2) is 52.4 Å². The molecule has 2 aromatic heterocycles. The molecule has 1 unspecified atom stereocenters. The van der Waals surface area contributed by atoms with E-state index in [1.165, 1.54) is 15.8 Å². The molecular weight excluding hydrogens is 332 g/mol. The van der Waals surface area contributed by atoms with Crippen LogP contribution in [0.3, 0.4) is 0 Å². The third-order valence-corrected chi connectivity index (χ3v) is 5.12. The molecule has 0 saturated carbocycles. The van der Waals surface area contributed by atoms with Crippen molar-refractivity contribution in [2.75, 3.05) is 7.05 Å². The van der Waals surface area contributed by atoms with Gasteiger partial charge in [0.05, 0.1) is 5.52 Å². The van der Waals surface area contributed by atoms with E-state index < -0.39 is 0 Å². The molecule has 0 saturated heterocycles. The summed E-state index contributed by atoms with van der Waals surface area (Å²) in [5.41, 5.74) is 2.35. The van der Waals surface area contributed by atoms with Gasteiger partial charge in [-0.15, -0.1) is 11.3 Å². The van der Waals surface area contributed by atoms with Crippen LogP contribution in [-0.2, 0) is 6.42 Å². The van der Waals surface area contributed by atoms with E-state index in [9.17, 15) is 0 Å². The first kappa shape index (κ1) is 13.7. The number of pyridine rings is 1. The number of hydrogen-bond acceptors (Lipinski definition) is 3. The minimum Gasteiger partial charge on any atom is -0.313 e. The summed E-state index contributed by atoms with van der Waals surface area (Å²) in [5.74, 6) is 0. The zero-order valence-corrected chi connectivity index (χ0v) is 13.5. The van der Waals surface area contributed by atoms with Gasteiger partial charge in [0.25, 0.3) is 0 Å². The Hall–Kier alpha value is -1.23. The zero-order valence-electron chi connectivity index (χ0n) is 11.1. The van der Waals surface area contributed by atoms with Crippen molar-refractivity contribution < 1.29 is 0 Å². The van der Waals surface area contributed by atoms with Crippen LogP contribution in [0.1, 0.15) is 16.5 Å². The van der Waals surface area contributed by atoms with Crippen LogP contribution in [0.5, 0.6) is 0 Å². The zero-order chi connectivity index (χ0) is 13.9. The minimum absolute atomic E-state index is 0.324. The van der Waals surface area contributed by atoms with Crippen LogP contribution in [0.4, 0.5) is 0 Å². The Morgan fingerprint density at radius 1 is 1.30 bits per heavy atom. The van der Waals surface area contributed by atoms with Crippen LogP contribution in [0, 0.1) is 0 Å². The SMILES string of the molecule is CNC(Cc1cc(Br)cs1)c1ccc2ncccc2c1. The van der Waals surface area contributed by atoms with Gasteiger partial charge >= 0.3 is 0 Å². The van der Waals surface area contributed by atoms with Gasteiger partial charge in [0.15, 0.2) is 0 Å². The number of likely N-dealkylation sites (N-methyl/N-ethyl adjacent to an activating group) is 1. The van der Waals surface area contributed by atoms with Gasteiger partial charge in [-0.1, -0.05) is 12.1 Å². The fourth-order valence-corrected chi connectivity index (χ4v) is 3.86. The number of rotatable bonds is 4. The Morgan fingerprint density at radius 3 is 2.95 bits per heavy atom. The molecule has 0 radical (unpaired) electrons. The average Bonchev–Trinajstić information content (AvgIpc) is 2.89. The molecule has 3 aromatic rings. The summed E-state index contributed by atoms with van der Waals surface area (Å²) in [6.45, 7) is 0. The normalized spacial score (nSPS) is 12.7. The summed E-state index contributed by atoms with van der Waals surface area (Å²) in [5, 5.41) is 6.74. The molecule has 0 spiro atoms. The monoisotopic (exact) mass is 346 g/mol. The number of nitrogens with zero attached hydrogens (tertiary/aromatic N) is 1. The molecule has 4 heteroatoms. The van der Waals surface area contributed by atoms with Gasteiger partial charge in [-0.3, -0.25) is 4.98 Å². The fourth-order valence-electron chi connectivity index (χ4n) is 2.36. The number of thiophene rings is 1. The Kier molecular flexibility index (Phi) is 4.15. The summed E-state index contributed by atoms with van der Waals surface area (Å²) in [6, 6.07) is 13.1. The van der Waals surface area contributed by atoms with Crippen LogP contribution >= 0.6 is 27.3 Å². The molecule has 102 valence electrons. The number of hydrogen-bond donors (Lipinski definition) is 1. The maximum atomic E-state index is 4.37. The molecule has 0 fully saturated rings. The lowest BCUT2D eigenvalue weighted by Crippen LogP contribution is -2.18. The molecule has 0 aliphatic carbocycles. The van der Waals surface area contributed by atoms with Gasteiger partial charge in [-0.2, -0.15) is 0 Å². The molecule has 3 rings (SSSR count). The van der Waals surface area contributed by atoms with E-state index in [-0.39, 0.29) is 0 Å². The topological polar surface area (TPSA) is 24.9 Å². The highest BCUT2D eigenvalue weighted by molar-refractivity contribution is 9.10. The van der Waals surface area contributed by atoms with E-state index in [4.69, 9.17) is 0 Å². The lowest BCUT2D eigenvalue weighted by molar-refractivity contribution is 0.597. The Labute approximate surface area is 131 Å². The lowest BCUT2D eigenvalue weighted by atomic mass is 10.0. The Bertz CT molecular complexity index is 723. The summed E-state index contributed by atoms with van der Waals surface area (Å²) in [6.07, 6.45) is 2.83. The van der Waals surface area contributed by atoms with Crippen LogP contribution in [0.25, 0.3) is 10.9 Å². The van der Waals surface area contributed by atoms with Gasteiger partial charge in [0, 0.05) is 38.8 Å². The highest BCUT2D eigenvalue weighted by Gasteiger charge is 2.12. The second-order valence-electron chi connectivity index (χ2n) is 4.73. The van der Waals surface area contributed by atoms with Crippen molar-refractivity contribution in [3.8, 4) is 0 Å². The van der Waals surface area contributed by atoms with E-state index in [2.05, 4.69) is 61.9 Å². The van der Waals surface area contributed by atoms with Crippen molar-refractivity contribution >= 4 is 38.2 Å². The van der Waals surface area contributed by atoms with Crippen molar-refractivity contribution in [2.45, 2.75) is 12.5 Å². The summed E-state index contributed by atoms with van der Waals surface area (Å²) >= 11 is 5.31. The van der Waals surface area contributed by atoms with Crippen molar-refractivity contribution in [3.05, 3.63) is 62.9 Å². The first-order chi connectivity index (χ1) is 9.76. The molecule has 0 bridgehead atoms. The highest BCUT2D eigenvalue weighted by Crippen LogP contribution is 2.26. The van der Waals surface area contributed by atoms with E-state index in [1.807, 2.05) is 19.3 Å². The third kappa shape index (κ3) is 2.92. The van der Waals surface area contributed by atoms with Crippen molar-refractivity contribution in [2.24, 2.45) is 0 Å². The maximum Gasteiger partial charge on any atom is 0.0702 e. The first-order valence-corrected chi connectivity index (χ1v) is 8.18. The molecule has 1 N–H and O–H groups in total. The van der Waals surface area contributed by atoms with E-state index in [0.717, 1.165) is 16.4 Å². The van der Waals surface area contributed by atoms with E-state index >= 15 is 0 Å². The molecule has 0 amide bonds. The second-order valence-corrected chi connectivity index (χ2v) is 6.64. The summed E-state index contributed by atoms with van der Waals surface area (Å²) < 4.78 is 1.16. The van der Waals surface area contributed by atoms with E-state index in [0.29, 0.717) is 6.04 Å². The Balaban J connectivity index is 1.90. The predicted octanol–water partition coefficient (Wildman–Crippen LogP) is 4.56. The molecule has 20 heavy (non-hydrogen) atoms. The summed E-state index contributed by atoms with van der Waals surface area (Å²) in [7, 11) is 2.01. The fraction of sp³-hybridized carbons (Fsp3) is 0.188. The maximum absolute atomic E-state index is 4.37. The predicted molar refractivity (Wildman–Crippen MR) is 89.3 cm³/mol. The Morgan fingerprint density at radius 2 is 2.20 bits per heavy atom. The van der Waals surface area contributed by atoms with Crippen LogP contribution < -0.4 is 5.32 Å². The van der Waals surface area contributed by atoms with Gasteiger partial charge in [0.2, 0.25) is 0 Å². The third-order valence-electron chi connectivity index (χ3n) is 3.40. The van der Waals surface area contributed by atoms with E-state index in [1.54, 1.807) is 11.3 Å². The van der Waals surface area contributed by atoms with Crippen molar-refractivity contribution in [1.82, 2.24) is 10.3 Å². The largest absolute Gasteiger partial charge is 0.313 e. The standard InChI is InChI=1S/C16H15BrN2S/c1-18-16(9-14-8-13(17)10-20-14)12-4-5-15-11(7-12)3-2-6-19-15/h2-8,10,16,18H,9H2,1H3. The lowest BCUT2D eigenvalue weighted by Gasteiger charge is -2.16. The number of nitrogens with one attached hydrogen (secondary N) is 1. The van der Waals surface area contributed by atoms with Gasteiger partial charge < -0.3 is 5.32 Å². The minimum atomic E-state index is 0.324. The number of aromatic nitrogens is 1. The highest BCUT2D eigenvalue weighted by atomic mass is 79.9. The van der Waals surface area contributed by atoms with Crippen LogP contribution in [0.2, 0.25) is 0 Å². The van der Waals surface area contributed by atoms with Gasteiger partial charge in [-0.25, -0.2) is 0 Å².